The van der Waals surface area contributed by atoms with Gasteiger partial charge in [0, 0.05) is 25.6 Å². The smallest absolute Gasteiger partial charge is 0.226 e. The Labute approximate surface area is 164 Å². The summed E-state index contributed by atoms with van der Waals surface area (Å²) in [6.45, 7) is 5.80. The summed E-state index contributed by atoms with van der Waals surface area (Å²) in [5, 5.41) is 3.48. The maximum absolute atomic E-state index is 12.3. The van der Waals surface area contributed by atoms with Crippen LogP contribution in [0.25, 0.3) is 0 Å². The molecule has 0 bridgehead atoms. The second-order valence-electron chi connectivity index (χ2n) is 6.00. The van der Waals surface area contributed by atoms with Gasteiger partial charge in [0.25, 0.3) is 0 Å². The number of nitrogens with one attached hydrogen (secondary N) is 1. The largest absolute Gasteiger partial charge is 0.323 e. The highest BCUT2D eigenvalue weighted by atomic mass is 35.5. The molecule has 6 heteroatoms. The van der Waals surface area contributed by atoms with E-state index in [-0.39, 0.29) is 24.8 Å². The monoisotopic (exact) mass is 392 g/mol. The van der Waals surface area contributed by atoms with Crippen molar-refractivity contribution in [2.24, 2.45) is 0 Å². The van der Waals surface area contributed by atoms with Crippen molar-refractivity contribution in [3.05, 3.63) is 57.6 Å². The van der Waals surface area contributed by atoms with Crippen LogP contribution in [0.1, 0.15) is 31.4 Å². The predicted molar refractivity (Wildman–Crippen MR) is 108 cm³/mol. The van der Waals surface area contributed by atoms with Gasteiger partial charge in [-0.3, -0.25) is 9.59 Å². The normalized spacial score (nSPS) is 10.5. The van der Waals surface area contributed by atoms with Gasteiger partial charge in [-0.15, -0.1) is 0 Å². The van der Waals surface area contributed by atoms with Crippen molar-refractivity contribution in [2.75, 3.05) is 16.8 Å². The molecule has 2 aromatic carbocycles. The van der Waals surface area contributed by atoms with E-state index < -0.39 is 0 Å². The molecule has 0 saturated carbocycles. The molecule has 26 heavy (non-hydrogen) atoms. The molecule has 4 nitrogen and oxygen atoms in total. The Bertz CT molecular complexity index is 801. The second kappa shape index (κ2) is 9.06. The van der Waals surface area contributed by atoms with Crippen LogP contribution in [0.2, 0.25) is 10.0 Å². The summed E-state index contributed by atoms with van der Waals surface area (Å²) in [6.07, 6.45) is 0.945. The van der Waals surface area contributed by atoms with Gasteiger partial charge in [0.1, 0.15) is 0 Å². The molecule has 0 heterocycles. The van der Waals surface area contributed by atoms with E-state index in [0.29, 0.717) is 15.7 Å². The highest BCUT2D eigenvalue weighted by Crippen LogP contribution is 2.30. The number of carbonyl (C=O) groups is 2. The van der Waals surface area contributed by atoms with E-state index in [1.807, 2.05) is 32.0 Å². The van der Waals surface area contributed by atoms with Crippen molar-refractivity contribution in [1.82, 2.24) is 0 Å². The zero-order valence-electron chi connectivity index (χ0n) is 15.1. The highest BCUT2D eigenvalue weighted by molar-refractivity contribution is 6.39. The number of anilines is 2. The zero-order chi connectivity index (χ0) is 19.3. The van der Waals surface area contributed by atoms with Crippen LogP contribution >= 0.6 is 23.2 Å². The van der Waals surface area contributed by atoms with Crippen molar-refractivity contribution in [1.29, 1.82) is 0 Å². The van der Waals surface area contributed by atoms with Gasteiger partial charge in [-0.2, -0.15) is 0 Å². The van der Waals surface area contributed by atoms with Crippen LogP contribution in [0.4, 0.5) is 11.4 Å². The van der Waals surface area contributed by atoms with E-state index in [9.17, 15) is 9.59 Å². The van der Waals surface area contributed by atoms with Gasteiger partial charge in [0.15, 0.2) is 0 Å². The zero-order valence-corrected chi connectivity index (χ0v) is 16.6. The number of rotatable bonds is 6. The average molecular weight is 393 g/mol. The maximum Gasteiger partial charge on any atom is 0.226 e. The van der Waals surface area contributed by atoms with Gasteiger partial charge < -0.3 is 10.2 Å². The minimum absolute atomic E-state index is 0.0995. The van der Waals surface area contributed by atoms with E-state index >= 15 is 0 Å². The van der Waals surface area contributed by atoms with Gasteiger partial charge in [0.2, 0.25) is 11.8 Å². The fourth-order valence-electron chi connectivity index (χ4n) is 2.85. The Morgan fingerprint density at radius 3 is 2.27 bits per heavy atom. The third-order valence-electron chi connectivity index (χ3n) is 4.14. The van der Waals surface area contributed by atoms with Crippen LogP contribution in [0.5, 0.6) is 0 Å². The topological polar surface area (TPSA) is 49.4 Å². The molecular formula is C20H22Cl2N2O2. The van der Waals surface area contributed by atoms with Crippen LogP contribution in [-0.2, 0) is 16.0 Å². The molecule has 0 unspecified atom stereocenters. The number of carbonyl (C=O) groups excluding carboxylic acids is 2. The van der Waals surface area contributed by atoms with Gasteiger partial charge in [0.05, 0.1) is 15.7 Å². The summed E-state index contributed by atoms with van der Waals surface area (Å²) in [4.78, 5) is 26.2. The third-order valence-corrected chi connectivity index (χ3v) is 4.77. The summed E-state index contributed by atoms with van der Waals surface area (Å²) in [6, 6.07) is 11.0. The first-order valence-electron chi connectivity index (χ1n) is 8.45. The maximum atomic E-state index is 12.3. The lowest BCUT2D eigenvalue weighted by atomic mass is 10.0. The lowest BCUT2D eigenvalue weighted by molar-refractivity contribution is -0.117. The third kappa shape index (κ3) is 4.77. The van der Waals surface area contributed by atoms with Crippen LogP contribution in [0.3, 0.4) is 0 Å². The Morgan fingerprint density at radius 1 is 1.08 bits per heavy atom. The summed E-state index contributed by atoms with van der Waals surface area (Å²) < 4.78 is 0. The first-order chi connectivity index (χ1) is 12.3. The Hall–Kier alpha value is -2.04. The summed E-state index contributed by atoms with van der Waals surface area (Å²) in [7, 11) is 0. The number of hydrogen-bond acceptors (Lipinski definition) is 2. The number of halogens is 2. The molecule has 1 N–H and O–H groups in total. The van der Waals surface area contributed by atoms with E-state index in [2.05, 4.69) is 5.32 Å². The first-order valence-corrected chi connectivity index (χ1v) is 9.21. The summed E-state index contributed by atoms with van der Waals surface area (Å²) in [5.41, 5.74) is 3.36. The fraction of sp³-hybridized carbons (Fsp3) is 0.300. The van der Waals surface area contributed by atoms with Gasteiger partial charge in [-0.05, 0) is 36.6 Å². The molecule has 138 valence electrons. The van der Waals surface area contributed by atoms with Crippen molar-refractivity contribution >= 4 is 46.4 Å². The highest BCUT2D eigenvalue weighted by Gasteiger charge is 2.19. The van der Waals surface area contributed by atoms with Crippen molar-refractivity contribution in [3.63, 3.8) is 0 Å². The van der Waals surface area contributed by atoms with Crippen molar-refractivity contribution < 1.29 is 9.59 Å². The van der Waals surface area contributed by atoms with E-state index in [0.717, 1.165) is 23.2 Å². The molecule has 0 aliphatic carbocycles. The molecule has 0 aliphatic heterocycles. The van der Waals surface area contributed by atoms with Crippen LogP contribution in [0, 0.1) is 6.92 Å². The Morgan fingerprint density at radius 2 is 1.69 bits per heavy atom. The average Bonchev–Trinajstić information content (AvgIpc) is 2.59. The lowest BCUT2D eigenvalue weighted by Crippen LogP contribution is -2.33. The first kappa shape index (κ1) is 20.3. The quantitative estimate of drug-likeness (QED) is 0.729. The predicted octanol–water partition coefficient (Wildman–Crippen LogP) is 5.25. The number of amides is 2. The second-order valence-corrected chi connectivity index (χ2v) is 6.82. The van der Waals surface area contributed by atoms with E-state index in [1.54, 1.807) is 23.1 Å². The van der Waals surface area contributed by atoms with Crippen LogP contribution < -0.4 is 10.2 Å². The van der Waals surface area contributed by atoms with E-state index in [1.165, 1.54) is 6.92 Å². The van der Waals surface area contributed by atoms with Crippen LogP contribution in [0.15, 0.2) is 36.4 Å². The SMILES string of the molecule is CCc1cccc(C)c1N(CCC(=O)Nc1c(Cl)cccc1Cl)C(C)=O. The van der Waals surface area contributed by atoms with Crippen LogP contribution in [-0.4, -0.2) is 18.4 Å². The number of aryl methyl sites for hydroxylation is 2. The molecule has 0 radical (unpaired) electrons. The fourth-order valence-corrected chi connectivity index (χ4v) is 3.34. The molecule has 2 rings (SSSR count). The molecule has 2 aromatic rings. The van der Waals surface area contributed by atoms with Gasteiger partial charge in [-0.25, -0.2) is 0 Å². The molecule has 0 fully saturated rings. The van der Waals surface area contributed by atoms with Crippen molar-refractivity contribution in [3.8, 4) is 0 Å². The Balaban J connectivity index is 2.15. The van der Waals surface area contributed by atoms with Crippen molar-refractivity contribution in [2.45, 2.75) is 33.6 Å². The molecular weight excluding hydrogens is 371 g/mol. The lowest BCUT2D eigenvalue weighted by Gasteiger charge is -2.25. The molecule has 0 saturated heterocycles. The minimum atomic E-state index is -0.252. The number of nitrogens with zero attached hydrogens (tertiary/aromatic N) is 1. The minimum Gasteiger partial charge on any atom is -0.323 e. The molecule has 0 spiro atoms. The number of hydrogen-bond donors (Lipinski definition) is 1. The summed E-state index contributed by atoms with van der Waals surface area (Å²) >= 11 is 12.2. The number of para-hydroxylation sites is 2. The van der Waals surface area contributed by atoms with Gasteiger partial charge in [-0.1, -0.05) is 54.4 Å². The molecule has 0 aromatic heterocycles. The molecule has 0 aliphatic rings. The Kier molecular flexibility index (Phi) is 7.06. The molecule has 0 atom stereocenters. The van der Waals surface area contributed by atoms with E-state index in [4.69, 9.17) is 23.2 Å². The standard InChI is InChI=1S/C20H22Cl2N2O2/c1-4-15-8-5-7-13(2)20(15)24(14(3)25)12-11-18(26)23-19-16(21)9-6-10-17(19)22/h5-10H,4,11-12H2,1-3H3,(H,23,26). The summed E-state index contributed by atoms with van der Waals surface area (Å²) in [5.74, 6) is -0.351. The van der Waals surface area contributed by atoms with Gasteiger partial charge >= 0.3 is 0 Å². The molecule has 2 amide bonds. The number of benzene rings is 2.